The van der Waals surface area contributed by atoms with Gasteiger partial charge in [-0.1, -0.05) is 30.3 Å². The number of methoxy groups -OCH3 is 1. The maximum atomic E-state index is 13.9. The van der Waals surface area contributed by atoms with Gasteiger partial charge in [-0.2, -0.15) is 0 Å². The predicted octanol–water partition coefficient (Wildman–Crippen LogP) is 4.17. The minimum Gasteiger partial charge on any atom is -0.497 e. The Kier molecular flexibility index (Phi) is 7.72. The molecule has 5 rings (SSSR count). The number of aliphatic hydroxyl groups is 1. The van der Waals surface area contributed by atoms with Crippen LogP contribution < -0.4 is 9.04 Å². The van der Waals surface area contributed by atoms with Gasteiger partial charge in [0.05, 0.1) is 24.3 Å². The highest BCUT2D eigenvalue weighted by molar-refractivity contribution is 7.92. The molecule has 0 aromatic heterocycles. The summed E-state index contributed by atoms with van der Waals surface area (Å²) in [5.74, 6) is 0.137. The second kappa shape index (κ2) is 11.0. The van der Waals surface area contributed by atoms with Gasteiger partial charge in [0.1, 0.15) is 17.2 Å². The number of ether oxygens (including phenoxy) is 2. The maximum Gasteiger partial charge on any atom is 0.264 e. The molecule has 7 nitrogen and oxygen atoms in total. The number of likely N-dealkylation sites (tertiary alicyclic amines) is 1. The molecule has 3 aromatic carbocycles. The van der Waals surface area contributed by atoms with Crippen LogP contribution in [0.1, 0.15) is 24.8 Å². The highest BCUT2D eigenvalue weighted by atomic mass is 32.2. The number of sulfonamides is 1. The van der Waals surface area contributed by atoms with E-state index in [1.807, 2.05) is 30.3 Å². The van der Waals surface area contributed by atoms with Crippen LogP contribution in [0.25, 0.3) is 0 Å². The van der Waals surface area contributed by atoms with Crippen molar-refractivity contribution in [3.8, 4) is 5.75 Å². The first kappa shape index (κ1) is 26.6. The van der Waals surface area contributed by atoms with Gasteiger partial charge in [0, 0.05) is 31.8 Å². The van der Waals surface area contributed by atoms with Crippen LogP contribution in [0, 0.1) is 5.82 Å². The summed E-state index contributed by atoms with van der Waals surface area (Å²) in [7, 11) is -2.41. The van der Waals surface area contributed by atoms with Gasteiger partial charge in [0.15, 0.2) is 0 Å². The van der Waals surface area contributed by atoms with Crippen LogP contribution in [0.5, 0.6) is 5.75 Å². The molecule has 0 spiro atoms. The zero-order valence-corrected chi connectivity index (χ0v) is 22.2. The van der Waals surface area contributed by atoms with Gasteiger partial charge in [-0.3, -0.25) is 9.21 Å². The van der Waals surface area contributed by atoms with E-state index in [0.29, 0.717) is 50.4 Å². The van der Waals surface area contributed by atoms with E-state index in [1.54, 1.807) is 12.1 Å². The summed E-state index contributed by atoms with van der Waals surface area (Å²) < 4.78 is 53.9. The van der Waals surface area contributed by atoms with E-state index < -0.39 is 21.4 Å². The molecule has 0 unspecified atom stereocenters. The van der Waals surface area contributed by atoms with Crippen molar-refractivity contribution in [2.75, 3.05) is 37.7 Å². The van der Waals surface area contributed by atoms with E-state index in [2.05, 4.69) is 4.90 Å². The number of rotatable bonds is 7. The summed E-state index contributed by atoms with van der Waals surface area (Å²) in [6, 6.07) is 21.0. The topological polar surface area (TPSA) is 79.3 Å². The molecule has 0 aliphatic carbocycles. The highest BCUT2D eigenvalue weighted by Gasteiger charge is 2.46. The lowest BCUT2D eigenvalue weighted by Crippen LogP contribution is -2.59. The van der Waals surface area contributed by atoms with Crippen molar-refractivity contribution in [3.63, 3.8) is 0 Å². The Bertz CT molecular complexity index is 1310. The third-order valence-electron chi connectivity index (χ3n) is 7.65. The average molecular weight is 541 g/mol. The van der Waals surface area contributed by atoms with Gasteiger partial charge in [0.25, 0.3) is 10.0 Å². The summed E-state index contributed by atoms with van der Waals surface area (Å²) in [5, 5.41) is 11.7. The molecule has 202 valence electrons. The van der Waals surface area contributed by atoms with Crippen LogP contribution in [0.15, 0.2) is 83.8 Å². The lowest BCUT2D eigenvalue weighted by Gasteiger charge is -2.49. The Balaban J connectivity index is 1.41. The summed E-state index contributed by atoms with van der Waals surface area (Å²) in [4.78, 5) is 2.41. The molecule has 0 bridgehead atoms. The molecule has 2 heterocycles. The Hall–Kier alpha value is -2.98. The fourth-order valence-electron chi connectivity index (χ4n) is 5.67. The fourth-order valence-corrected chi connectivity index (χ4v) is 7.38. The molecule has 2 atom stereocenters. The number of piperidine rings is 1. The zero-order chi connectivity index (χ0) is 26.8. The standard InChI is InChI=1S/C29H33FN2O5S/c1-36-26-11-13-27(14-12-26)38(34,35)32(24-9-7-23(30)8-10-24)25-15-18-31(19-16-25)28-17-20-37-21-29(28,33)22-5-3-2-4-6-22/h2-14,25,28,33H,15-21H2,1H3/t28-,29+/m1/s1. The smallest absolute Gasteiger partial charge is 0.264 e. The van der Waals surface area contributed by atoms with Crippen LogP contribution in [-0.2, 0) is 20.4 Å². The predicted molar refractivity (Wildman–Crippen MR) is 143 cm³/mol. The van der Waals surface area contributed by atoms with Gasteiger partial charge in [-0.25, -0.2) is 12.8 Å². The van der Waals surface area contributed by atoms with Crippen molar-refractivity contribution in [1.29, 1.82) is 0 Å². The summed E-state index contributed by atoms with van der Waals surface area (Å²) in [6.07, 6.45) is 1.81. The minimum absolute atomic E-state index is 0.142. The molecule has 2 aliphatic heterocycles. The van der Waals surface area contributed by atoms with Crippen molar-refractivity contribution in [1.82, 2.24) is 4.90 Å². The van der Waals surface area contributed by atoms with Crippen LogP contribution in [0.4, 0.5) is 10.1 Å². The number of nitrogens with zero attached hydrogens (tertiary/aromatic N) is 2. The number of halogens is 1. The second-order valence-electron chi connectivity index (χ2n) is 9.87. The van der Waals surface area contributed by atoms with E-state index in [0.717, 1.165) is 5.56 Å². The van der Waals surface area contributed by atoms with Crippen molar-refractivity contribution in [2.24, 2.45) is 0 Å². The quantitative estimate of drug-likeness (QED) is 0.485. The van der Waals surface area contributed by atoms with Crippen LogP contribution in [0.3, 0.4) is 0 Å². The van der Waals surface area contributed by atoms with Crippen molar-refractivity contribution < 1.29 is 27.4 Å². The molecule has 2 fully saturated rings. The number of anilines is 1. The highest BCUT2D eigenvalue weighted by Crippen LogP contribution is 2.37. The molecule has 2 aliphatic rings. The Morgan fingerprint density at radius 2 is 1.63 bits per heavy atom. The molecule has 1 N–H and O–H groups in total. The van der Waals surface area contributed by atoms with E-state index >= 15 is 0 Å². The van der Waals surface area contributed by atoms with Crippen molar-refractivity contribution in [2.45, 2.75) is 41.8 Å². The van der Waals surface area contributed by atoms with Gasteiger partial charge >= 0.3 is 0 Å². The number of benzene rings is 3. The number of hydrogen-bond acceptors (Lipinski definition) is 6. The SMILES string of the molecule is COc1ccc(S(=O)(=O)N(c2ccc(F)cc2)C2CCN([C@@H]3CCOC[C@]3(O)c3ccccc3)CC2)cc1. The molecular formula is C29H33FN2O5S. The third-order valence-corrected chi connectivity index (χ3v) is 9.55. The van der Waals surface area contributed by atoms with E-state index in [9.17, 15) is 17.9 Å². The maximum absolute atomic E-state index is 13.9. The first-order valence-electron chi connectivity index (χ1n) is 12.9. The van der Waals surface area contributed by atoms with Crippen molar-refractivity contribution in [3.05, 3.63) is 90.2 Å². The Morgan fingerprint density at radius 1 is 0.974 bits per heavy atom. The lowest BCUT2D eigenvalue weighted by molar-refractivity contribution is -0.147. The molecule has 0 saturated carbocycles. The van der Waals surface area contributed by atoms with E-state index in [-0.39, 0.29) is 23.6 Å². The molecule has 3 aromatic rings. The lowest BCUT2D eigenvalue weighted by atomic mass is 9.82. The zero-order valence-electron chi connectivity index (χ0n) is 21.4. The third kappa shape index (κ3) is 5.16. The average Bonchev–Trinajstić information content (AvgIpc) is 2.95. The molecule has 38 heavy (non-hydrogen) atoms. The van der Waals surface area contributed by atoms with Gasteiger partial charge in [0.2, 0.25) is 0 Å². The Labute approximate surface area is 223 Å². The first-order valence-corrected chi connectivity index (χ1v) is 14.3. The molecule has 2 saturated heterocycles. The minimum atomic E-state index is -3.93. The van der Waals surface area contributed by atoms with Crippen LogP contribution >= 0.6 is 0 Å². The van der Waals surface area contributed by atoms with E-state index in [4.69, 9.17) is 9.47 Å². The van der Waals surface area contributed by atoms with Crippen molar-refractivity contribution >= 4 is 15.7 Å². The fraction of sp³-hybridized carbons (Fsp3) is 0.379. The summed E-state index contributed by atoms with van der Waals surface area (Å²) in [5.41, 5.74) is 0.104. The van der Waals surface area contributed by atoms with Gasteiger partial charge < -0.3 is 14.6 Å². The normalized spacial score (nSPS) is 23.2. The Morgan fingerprint density at radius 3 is 2.26 bits per heavy atom. The van der Waals surface area contributed by atoms with Gasteiger partial charge in [-0.05, 0) is 73.4 Å². The molecule has 0 amide bonds. The summed E-state index contributed by atoms with van der Waals surface area (Å²) >= 11 is 0. The van der Waals surface area contributed by atoms with E-state index in [1.165, 1.54) is 47.8 Å². The summed E-state index contributed by atoms with van der Waals surface area (Å²) in [6.45, 7) is 2.00. The molecule has 9 heteroatoms. The van der Waals surface area contributed by atoms with Crippen LogP contribution in [0.2, 0.25) is 0 Å². The second-order valence-corrected chi connectivity index (χ2v) is 11.7. The van der Waals surface area contributed by atoms with Crippen LogP contribution in [-0.4, -0.2) is 63.9 Å². The van der Waals surface area contributed by atoms with Gasteiger partial charge in [-0.15, -0.1) is 0 Å². The first-order chi connectivity index (χ1) is 18.3. The molecule has 0 radical (unpaired) electrons. The largest absolute Gasteiger partial charge is 0.497 e. The molecular weight excluding hydrogens is 507 g/mol. The monoisotopic (exact) mass is 540 g/mol. The number of hydrogen-bond donors (Lipinski definition) is 1.